The van der Waals surface area contributed by atoms with Crippen LogP contribution in [0.25, 0.3) is 0 Å². The van der Waals surface area contributed by atoms with Crippen LogP contribution < -0.4 is 10.2 Å². The van der Waals surface area contributed by atoms with Crippen LogP contribution in [-0.4, -0.2) is 51.8 Å². The van der Waals surface area contributed by atoms with Gasteiger partial charge in [0.15, 0.2) is 0 Å². The van der Waals surface area contributed by atoms with Crippen LogP contribution in [0.2, 0.25) is 0 Å². The monoisotopic (exact) mass is 465 g/mol. The van der Waals surface area contributed by atoms with Gasteiger partial charge < -0.3 is 4.90 Å². The van der Waals surface area contributed by atoms with Crippen LogP contribution in [0.5, 0.6) is 0 Å². The maximum atomic E-state index is 13.2. The minimum atomic E-state index is -0.581. The number of carbonyl (C=O) groups excluding carboxylic acids is 4. The average molecular weight is 465 g/mol. The topological polar surface area (TPSA) is 113 Å². The lowest BCUT2D eigenvalue weighted by Gasteiger charge is -2.16. The molecule has 0 saturated carbocycles. The van der Waals surface area contributed by atoms with E-state index in [1.54, 1.807) is 41.3 Å². The molecule has 1 aromatic heterocycles. The summed E-state index contributed by atoms with van der Waals surface area (Å²) in [6.07, 6.45) is 0.217. The molecule has 3 heterocycles. The van der Waals surface area contributed by atoms with Gasteiger partial charge in [-0.3, -0.25) is 29.4 Å². The fourth-order valence-corrected chi connectivity index (χ4v) is 4.73. The fourth-order valence-electron chi connectivity index (χ4n) is 3.88. The number of benzene rings is 2. The molecular formula is C22H16FN5O4S. The van der Waals surface area contributed by atoms with Crippen LogP contribution in [-0.2, 0) is 9.59 Å². The van der Waals surface area contributed by atoms with Gasteiger partial charge in [0, 0.05) is 24.6 Å². The number of hydrogen-bond donors (Lipinski definition) is 1. The third-order valence-corrected chi connectivity index (χ3v) is 6.48. The number of anilines is 2. The van der Waals surface area contributed by atoms with Crippen LogP contribution in [0.15, 0.2) is 48.5 Å². The molecule has 4 amide bonds. The Morgan fingerprint density at radius 2 is 1.70 bits per heavy atom. The molecule has 2 aromatic carbocycles. The van der Waals surface area contributed by atoms with Gasteiger partial charge in [-0.1, -0.05) is 23.5 Å². The molecule has 2 aliphatic rings. The Hall–Kier alpha value is -3.99. The first kappa shape index (κ1) is 20.9. The van der Waals surface area contributed by atoms with Crippen molar-refractivity contribution in [1.82, 2.24) is 15.1 Å². The van der Waals surface area contributed by atoms with Crippen molar-refractivity contribution in [3.05, 3.63) is 70.5 Å². The van der Waals surface area contributed by atoms with Gasteiger partial charge in [0.05, 0.1) is 11.1 Å². The van der Waals surface area contributed by atoms with Crippen molar-refractivity contribution in [2.45, 2.75) is 12.3 Å². The standard InChI is InChI=1S/C22H16FN5O4S/c23-13-5-7-14(8-6-13)27-10-12(9-18(27)30)19-25-26-22(33-19)24-17(29)11-28-20(31)15-3-1-2-4-16(15)21(28)32/h1-8,12H,9-11H2,(H,24,26,29). The van der Waals surface area contributed by atoms with E-state index in [4.69, 9.17) is 0 Å². The minimum Gasteiger partial charge on any atom is -0.312 e. The number of fused-ring (bicyclic) bond motifs is 1. The Morgan fingerprint density at radius 3 is 2.36 bits per heavy atom. The second-order valence-electron chi connectivity index (χ2n) is 7.62. The lowest BCUT2D eigenvalue weighted by Crippen LogP contribution is -2.37. The Kier molecular flexibility index (Phi) is 5.17. The van der Waals surface area contributed by atoms with Crippen molar-refractivity contribution in [2.75, 3.05) is 23.3 Å². The van der Waals surface area contributed by atoms with Crippen molar-refractivity contribution in [3.63, 3.8) is 0 Å². The molecule has 0 spiro atoms. The number of nitrogens with zero attached hydrogens (tertiary/aromatic N) is 4. The molecule has 9 nitrogen and oxygen atoms in total. The highest BCUT2D eigenvalue weighted by Gasteiger charge is 2.37. The number of aromatic nitrogens is 2. The Balaban J connectivity index is 1.22. The summed E-state index contributed by atoms with van der Waals surface area (Å²) in [7, 11) is 0. The van der Waals surface area contributed by atoms with Gasteiger partial charge in [-0.2, -0.15) is 0 Å². The maximum Gasteiger partial charge on any atom is 0.262 e. The molecule has 0 bridgehead atoms. The van der Waals surface area contributed by atoms with E-state index in [1.165, 1.54) is 12.1 Å². The molecule has 2 aliphatic heterocycles. The lowest BCUT2D eigenvalue weighted by atomic mass is 10.1. The van der Waals surface area contributed by atoms with E-state index in [1.807, 2.05) is 0 Å². The molecule has 11 heteroatoms. The summed E-state index contributed by atoms with van der Waals surface area (Å²) < 4.78 is 13.2. The first-order valence-corrected chi connectivity index (χ1v) is 10.9. The minimum absolute atomic E-state index is 0.113. The Labute approximate surface area is 190 Å². The Morgan fingerprint density at radius 1 is 1.03 bits per heavy atom. The molecule has 1 atom stereocenters. The van der Waals surface area contributed by atoms with E-state index in [-0.39, 0.29) is 40.3 Å². The number of hydrogen-bond acceptors (Lipinski definition) is 7. The van der Waals surface area contributed by atoms with Crippen LogP contribution in [0.3, 0.4) is 0 Å². The number of imide groups is 1. The quantitative estimate of drug-likeness (QED) is 0.579. The summed E-state index contributed by atoms with van der Waals surface area (Å²) in [5, 5.41) is 11.4. The van der Waals surface area contributed by atoms with Gasteiger partial charge in [0.1, 0.15) is 17.4 Å². The third-order valence-electron chi connectivity index (χ3n) is 5.48. The highest BCUT2D eigenvalue weighted by atomic mass is 32.1. The lowest BCUT2D eigenvalue weighted by molar-refractivity contribution is -0.117. The van der Waals surface area contributed by atoms with Crippen molar-refractivity contribution < 1.29 is 23.6 Å². The fraction of sp³-hybridized carbons (Fsp3) is 0.182. The molecule has 166 valence electrons. The normalized spacial score (nSPS) is 17.6. The molecule has 1 unspecified atom stereocenters. The van der Waals surface area contributed by atoms with E-state index in [0.717, 1.165) is 16.2 Å². The second kappa shape index (κ2) is 8.17. The van der Waals surface area contributed by atoms with Crippen LogP contribution in [0.1, 0.15) is 38.1 Å². The summed E-state index contributed by atoms with van der Waals surface area (Å²) in [4.78, 5) is 52.1. The first-order valence-electron chi connectivity index (χ1n) is 10.0. The second-order valence-corrected chi connectivity index (χ2v) is 8.63. The van der Waals surface area contributed by atoms with Crippen molar-refractivity contribution in [2.24, 2.45) is 0 Å². The van der Waals surface area contributed by atoms with Gasteiger partial charge in [-0.25, -0.2) is 4.39 Å². The molecule has 0 radical (unpaired) electrons. The molecule has 1 N–H and O–H groups in total. The molecule has 0 aliphatic carbocycles. The molecule has 33 heavy (non-hydrogen) atoms. The van der Waals surface area contributed by atoms with Gasteiger partial charge >= 0.3 is 0 Å². The zero-order valence-electron chi connectivity index (χ0n) is 17.0. The molecule has 1 fully saturated rings. The average Bonchev–Trinajstić information content (AvgIpc) is 3.48. The number of halogens is 1. The number of amides is 4. The summed E-state index contributed by atoms with van der Waals surface area (Å²) in [6, 6.07) is 12.1. The summed E-state index contributed by atoms with van der Waals surface area (Å²) >= 11 is 1.13. The number of carbonyl (C=O) groups is 4. The van der Waals surface area contributed by atoms with E-state index in [0.29, 0.717) is 17.2 Å². The first-order chi connectivity index (χ1) is 15.9. The Bertz CT molecular complexity index is 1260. The van der Waals surface area contributed by atoms with E-state index in [2.05, 4.69) is 15.5 Å². The van der Waals surface area contributed by atoms with Crippen molar-refractivity contribution in [1.29, 1.82) is 0 Å². The largest absolute Gasteiger partial charge is 0.312 e. The highest BCUT2D eigenvalue weighted by Crippen LogP contribution is 2.34. The molecule has 3 aromatic rings. The summed E-state index contributed by atoms with van der Waals surface area (Å²) in [5.41, 5.74) is 1.14. The molecule has 5 rings (SSSR count). The third kappa shape index (κ3) is 3.87. The number of rotatable bonds is 5. The summed E-state index contributed by atoms with van der Waals surface area (Å²) in [6.45, 7) is -0.0798. The maximum absolute atomic E-state index is 13.2. The smallest absolute Gasteiger partial charge is 0.262 e. The predicted octanol–water partition coefficient (Wildman–Crippen LogP) is 2.43. The van der Waals surface area contributed by atoms with E-state index >= 15 is 0 Å². The van der Waals surface area contributed by atoms with Crippen LogP contribution in [0.4, 0.5) is 15.2 Å². The van der Waals surface area contributed by atoms with Gasteiger partial charge in [0.25, 0.3) is 11.8 Å². The van der Waals surface area contributed by atoms with Gasteiger partial charge in [-0.15, -0.1) is 10.2 Å². The van der Waals surface area contributed by atoms with Crippen molar-refractivity contribution in [3.8, 4) is 0 Å². The zero-order chi connectivity index (χ0) is 23.1. The number of nitrogens with one attached hydrogen (secondary N) is 1. The van der Waals surface area contributed by atoms with Gasteiger partial charge in [-0.05, 0) is 36.4 Å². The van der Waals surface area contributed by atoms with Gasteiger partial charge in [0.2, 0.25) is 16.9 Å². The molecule has 1 saturated heterocycles. The summed E-state index contributed by atoms with van der Waals surface area (Å²) in [5.74, 6) is -2.33. The van der Waals surface area contributed by atoms with E-state index < -0.39 is 24.3 Å². The van der Waals surface area contributed by atoms with E-state index in [9.17, 15) is 23.6 Å². The highest BCUT2D eigenvalue weighted by molar-refractivity contribution is 7.15. The van der Waals surface area contributed by atoms with Crippen molar-refractivity contribution >= 4 is 45.8 Å². The predicted molar refractivity (Wildman–Crippen MR) is 116 cm³/mol. The zero-order valence-corrected chi connectivity index (χ0v) is 17.8. The van der Waals surface area contributed by atoms with Crippen LogP contribution >= 0.6 is 11.3 Å². The SMILES string of the molecule is O=C(CN1C(=O)c2ccccc2C1=O)Nc1nnc(C2CC(=O)N(c3ccc(F)cc3)C2)s1. The molecular weight excluding hydrogens is 449 g/mol. The van der Waals surface area contributed by atoms with Crippen LogP contribution in [0, 0.1) is 5.82 Å².